The molecule has 2 aliphatic rings. The first-order valence-corrected chi connectivity index (χ1v) is 26.8. The van der Waals surface area contributed by atoms with Gasteiger partial charge >= 0.3 is 0 Å². The van der Waals surface area contributed by atoms with E-state index in [2.05, 4.69) is 270 Å². The van der Waals surface area contributed by atoms with Crippen molar-refractivity contribution in [1.29, 1.82) is 0 Å². The average molecular weight is 980 g/mol. The van der Waals surface area contributed by atoms with E-state index < -0.39 is 0 Å². The molecule has 0 atom stereocenters. The minimum absolute atomic E-state index is 0.210. The SMILES string of the molecule is c1ccc(-c2ccc3c(c2)CC2(C3)c3cc(-c4ccc(-c5ccc(-n6c7ccccc7c7ccccc76)cc5)cc4)ccc3-c3ccc(-c4ccc(-c5ccc(-n6c7ccccc7c7ccccc76)cc5)cc4)cc32)nc1. The minimum Gasteiger partial charge on any atom is -0.309 e. The maximum atomic E-state index is 4.74. The number of para-hydroxylation sites is 4. The van der Waals surface area contributed by atoms with Crippen LogP contribution < -0.4 is 0 Å². The molecule has 0 amide bonds. The van der Waals surface area contributed by atoms with Gasteiger partial charge in [0.05, 0.1) is 27.8 Å². The van der Waals surface area contributed by atoms with Crippen LogP contribution in [-0.2, 0) is 18.3 Å². The second kappa shape index (κ2) is 17.1. The molecular weight excluding hydrogens is 931 g/mol. The van der Waals surface area contributed by atoms with Crippen molar-refractivity contribution in [1.82, 2.24) is 14.1 Å². The third kappa shape index (κ3) is 6.87. The smallest absolute Gasteiger partial charge is 0.0702 e. The molecule has 77 heavy (non-hydrogen) atoms. The molecular formula is C74H49N3. The summed E-state index contributed by atoms with van der Waals surface area (Å²) >= 11 is 0. The fraction of sp³-hybridized carbons (Fsp3) is 0.0405. The minimum atomic E-state index is -0.210. The van der Waals surface area contributed by atoms with Crippen molar-refractivity contribution in [2.24, 2.45) is 0 Å². The van der Waals surface area contributed by atoms with E-state index in [0.717, 1.165) is 29.9 Å². The van der Waals surface area contributed by atoms with Crippen molar-refractivity contribution in [2.75, 3.05) is 0 Å². The molecule has 0 fully saturated rings. The number of nitrogens with zero attached hydrogens (tertiary/aromatic N) is 3. The number of pyridine rings is 1. The molecule has 3 heteroatoms. The van der Waals surface area contributed by atoms with E-state index in [1.54, 1.807) is 0 Å². The largest absolute Gasteiger partial charge is 0.309 e. The normalized spacial score (nSPS) is 13.2. The van der Waals surface area contributed by atoms with Crippen molar-refractivity contribution in [3.63, 3.8) is 0 Å². The zero-order valence-corrected chi connectivity index (χ0v) is 42.2. The molecule has 0 saturated heterocycles. The predicted octanol–water partition coefficient (Wildman–Crippen LogP) is 18.7. The quantitative estimate of drug-likeness (QED) is 0.156. The molecule has 3 aromatic heterocycles. The third-order valence-corrected chi connectivity index (χ3v) is 17.0. The molecule has 0 N–H and O–H groups in total. The Hall–Kier alpha value is -9.83. The zero-order chi connectivity index (χ0) is 50.6. The van der Waals surface area contributed by atoms with E-state index in [-0.39, 0.29) is 5.41 Å². The lowest BCUT2D eigenvalue weighted by atomic mass is 9.74. The summed E-state index contributed by atoms with van der Waals surface area (Å²) in [6.45, 7) is 0. The summed E-state index contributed by atoms with van der Waals surface area (Å²) < 4.78 is 4.76. The van der Waals surface area contributed by atoms with E-state index in [9.17, 15) is 0 Å². The summed E-state index contributed by atoms with van der Waals surface area (Å²) in [7, 11) is 0. The Kier molecular flexibility index (Phi) is 9.68. The Labute approximate surface area is 447 Å². The monoisotopic (exact) mass is 979 g/mol. The van der Waals surface area contributed by atoms with Crippen LogP contribution in [0.15, 0.2) is 273 Å². The van der Waals surface area contributed by atoms with Gasteiger partial charge in [0.2, 0.25) is 0 Å². The highest BCUT2D eigenvalue weighted by atomic mass is 15.0. The van der Waals surface area contributed by atoms with Crippen LogP contribution in [-0.4, -0.2) is 14.1 Å². The number of rotatable bonds is 7. The summed E-state index contributed by atoms with van der Waals surface area (Å²) in [6, 6.07) is 98.9. The Morgan fingerprint density at radius 1 is 0.286 bits per heavy atom. The Balaban J connectivity index is 0.722. The standard InChI is InChI=1S/C74H49N3/c1-5-16-70-63(11-1)64-12-2-6-17-71(64)76(70)59-36-30-50(31-37-59)48-20-24-52(25-21-48)54-34-40-61-62-41-35-55(45-68(62)74(67(61)44-54)46-57-29-28-56(43-58(57)47-74)69-15-9-10-42-75-69)53-26-22-49(23-27-53)51-32-38-60(39-33-51)77-72-18-7-3-13-65(72)66-14-4-8-19-73(66)77/h1-45H,46-47H2. The highest BCUT2D eigenvalue weighted by molar-refractivity contribution is 6.10. The lowest BCUT2D eigenvalue weighted by Gasteiger charge is -2.27. The summed E-state index contributed by atoms with van der Waals surface area (Å²) in [5.74, 6) is 0. The molecule has 16 rings (SSSR count). The summed E-state index contributed by atoms with van der Waals surface area (Å²) in [5.41, 5.74) is 27.3. The third-order valence-electron chi connectivity index (χ3n) is 17.0. The van der Waals surface area contributed by atoms with Gasteiger partial charge in [-0.05, 0) is 170 Å². The van der Waals surface area contributed by atoms with Gasteiger partial charge in [-0.15, -0.1) is 0 Å². The van der Waals surface area contributed by atoms with Gasteiger partial charge in [-0.3, -0.25) is 4.98 Å². The van der Waals surface area contributed by atoms with Gasteiger partial charge in [0.15, 0.2) is 0 Å². The first-order chi connectivity index (χ1) is 38.1. The highest BCUT2D eigenvalue weighted by Crippen LogP contribution is 2.57. The van der Waals surface area contributed by atoms with Crippen molar-refractivity contribution >= 4 is 43.6 Å². The second-order valence-electron chi connectivity index (χ2n) is 21.1. The van der Waals surface area contributed by atoms with Crippen molar-refractivity contribution < 1.29 is 0 Å². The first-order valence-electron chi connectivity index (χ1n) is 26.8. The predicted molar refractivity (Wildman–Crippen MR) is 320 cm³/mol. The van der Waals surface area contributed by atoms with Gasteiger partial charge < -0.3 is 9.13 Å². The molecule has 0 saturated carbocycles. The molecule has 3 nitrogen and oxygen atoms in total. The molecule has 14 aromatic rings. The number of fused-ring (bicyclic) bond motifs is 12. The lowest BCUT2D eigenvalue weighted by molar-refractivity contribution is 0.564. The second-order valence-corrected chi connectivity index (χ2v) is 21.1. The number of benzene rings is 11. The molecule has 0 aliphatic heterocycles. The fourth-order valence-corrected chi connectivity index (χ4v) is 13.3. The van der Waals surface area contributed by atoms with Crippen LogP contribution in [0, 0.1) is 0 Å². The molecule has 360 valence electrons. The van der Waals surface area contributed by atoms with Gasteiger partial charge in [0.1, 0.15) is 0 Å². The molecule has 0 bridgehead atoms. The lowest BCUT2D eigenvalue weighted by Crippen LogP contribution is -2.26. The van der Waals surface area contributed by atoms with Gasteiger partial charge in [-0.2, -0.15) is 0 Å². The summed E-state index contributed by atoms with van der Waals surface area (Å²) in [6.07, 6.45) is 3.77. The number of hydrogen-bond acceptors (Lipinski definition) is 1. The molecule has 0 radical (unpaired) electrons. The zero-order valence-electron chi connectivity index (χ0n) is 42.2. The van der Waals surface area contributed by atoms with Crippen LogP contribution in [0.5, 0.6) is 0 Å². The fourth-order valence-electron chi connectivity index (χ4n) is 13.3. The highest BCUT2D eigenvalue weighted by Gasteiger charge is 2.47. The van der Waals surface area contributed by atoms with Crippen molar-refractivity contribution in [2.45, 2.75) is 18.3 Å². The summed E-state index contributed by atoms with van der Waals surface area (Å²) in [5, 5.41) is 5.10. The number of hydrogen-bond donors (Lipinski definition) is 0. The van der Waals surface area contributed by atoms with Gasteiger partial charge in [0, 0.05) is 50.1 Å². The van der Waals surface area contributed by atoms with E-state index >= 15 is 0 Å². The molecule has 1 spiro atoms. The van der Waals surface area contributed by atoms with Crippen LogP contribution in [0.4, 0.5) is 0 Å². The van der Waals surface area contributed by atoms with E-state index in [1.807, 2.05) is 12.3 Å². The summed E-state index contributed by atoms with van der Waals surface area (Å²) in [4.78, 5) is 4.74. The van der Waals surface area contributed by atoms with E-state index in [1.165, 1.54) is 127 Å². The maximum absolute atomic E-state index is 4.74. The van der Waals surface area contributed by atoms with Crippen LogP contribution in [0.1, 0.15) is 22.3 Å². The molecule has 0 unspecified atom stereocenters. The van der Waals surface area contributed by atoms with E-state index in [0.29, 0.717) is 0 Å². The van der Waals surface area contributed by atoms with Crippen LogP contribution in [0.3, 0.4) is 0 Å². The van der Waals surface area contributed by atoms with Crippen molar-refractivity contribution in [3.8, 4) is 78.3 Å². The average Bonchev–Trinajstić information content (AvgIpc) is 4.35. The van der Waals surface area contributed by atoms with Crippen LogP contribution in [0.25, 0.3) is 122 Å². The Morgan fingerprint density at radius 3 is 1.05 bits per heavy atom. The van der Waals surface area contributed by atoms with E-state index in [4.69, 9.17) is 4.98 Å². The maximum Gasteiger partial charge on any atom is 0.0702 e. The molecule has 2 aliphatic carbocycles. The Morgan fingerprint density at radius 2 is 0.636 bits per heavy atom. The van der Waals surface area contributed by atoms with Crippen LogP contribution in [0.2, 0.25) is 0 Å². The topological polar surface area (TPSA) is 22.8 Å². The molecule has 11 aromatic carbocycles. The molecule has 3 heterocycles. The van der Waals surface area contributed by atoms with Crippen LogP contribution >= 0.6 is 0 Å². The number of aromatic nitrogens is 3. The first kappa shape index (κ1) is 43.6. The van der Waals surface area contributed by atoms with Gasteiger partial charge in [-0.1, -0.05) is 188 Å². The van der Waals surface area contributed by atoms with Gasteiger partial charge in [0.25, 0.3) is 0 Å². The Bertz CT molecular complexity index is 4280. The van der Waals surface area contributed by atoms with Gasteiger partial charge in [-0.25, -0.2) is 0 Å². The van der Waals surface area contributed by atoms with Crippen molar-refractivity contribution in [3.05, 3.63) is 295 Å².